The van der Waals surface area contributed by atoms with E-state index in [4.69, 9.17) is 4.74 Å². The van der Waals surface area contributed by atoms with E-state index in [-0.39, 0.29) is 0 Å². The third-order valence-corrected chi connectivity index (χ3v) is 4.85. The summed E-state index contributed by atoms with van der Waals surface area (Å²) < 4.78 is 5.24. The molecule has 2 rings (SSSR count). The summed E-state index contributed by atoms with van der Waals surface area (Å²) in [7, 11) is 1.82. The van der Waals surface area contributed by atoms with Gasteiger partial charge < -0.3 is 10.1 Å². The topological polar surface area (TPSA) is 21.3 Å². The molecule has 0 aromatic heterocycles. The predicted octanol–water partition coefficient (Wildman–Crippen LogP) is 2.97. The minimum Gasteiger partial charge on any atom is -0.385 e. The third kappa shape index (κ3) is 2.78. The predicted molar refractivity (Wildman–Crippen MR) is 67.6 cm³/mol. The molecule has 1 N–H and O–H groups in total. The van der Waals surface area contributed by atoms with Gasteiger partial charge in [0.15, 0.2) is 0 Å². The van der Waals surface area contributed by atoms with Crippen molar-refractivity contribution in [3.63, 3.8) is 0 Å². The molecule has 0 aliphatic heterocycles. The first-order valence-electron chi connectivity index (χ1n) is 6.98. The van der Waals surface area contributed by atoms with Gasteiger partial charge in [-0.25, -0.2) is 0 Å². The Hall–Kier alpha value is -0.0800. The molecule has 0 saturated heterocycles. The fourth-order valence-electron chi connectivity index (χ4n) is 3.31. The molecule has 2 fully saturated rings. The molecule has 2 saturated carbocycles. The summed E-state index contributed by atoms with van der Waals surface area (Å²) in [5.74, 6) is 0.888. The highest BCUT2D eigenvalue weighted by atomic mass is 16.5. The van der Waals surface area contributed by atoms with Crippen LogP contribution in [0.1, 0.15) is 51.9 Å². The fraction of sp³-hybridized carbons (Fsp3) is 1.00. The van der Waals surface area contributed by atoms with E-state index in [0.29, 0.717) is 5.41 Å². The van der Waals surface area contributed by atoms with Gasteiger partial charge in [-0.3, -0.25) is 0 Å². The molecule has 0 spiro atoms. The highest BCUT2D eigenvalue weighted by Crippen LogP contribution is 2.43. The SMILES string of the molecule is COCCC1(CNC2CCCC2C)CCC1. The van der Waals surface area contributed by atoms with Gasteiger partial charge in [0, 0.05) is 26.3 Å². The Bertz CT molecular complexity index is 213. The van der Waals surface area contributed by atoms with Crippen molar-refractivity contribution in [2.24, 2.45) is 11.3 Å². The van der Waals surface area contributed by atoms with Crippen LogP contribution in [0.25, 0.3) is 0 Å². The van der Waals surface area contributed by atoms with Crippen LogP contribution in [0.15, 0.2) is 0 Å². The summed E-state index contributed by atoms with van der Waals surface area (Å²) >= 11 is 0. The largest absolute Gasteiger partial charge is 0.385 e. The third-order valence-electron chi connectivity index (χ3n) is 4.85. The summed E-state index contributed by atoms with van der Waals surface area (Å²) in [5, 5.41) is 3.83. The zero-order valence-electron chi connectivity index (χ0n) is 10.9. The van der Waals surface area contributed by atoms with Crippen LogP contribution in [0.2, 0.25) is 0 Å². The minimum atomic E-state index is 0.582. The van der Waals surface area contributed by atoms with Gasteiger partial charge in [0.2, 0.25) is 0 Å². The molecule has 2 heteroatoms. The normalized spacial score (nSPS) is 32.6. The van der Waals surface area contributed by atoms with Gasteiger partial charge in [0.25, 0.3) is 0 Å². The molecule has 16 heavy (non-hydrogen) atoms. The summed E-state index contributed by atoms with van der Waals surface area (Å²) in [6, 6.07) is 0.792. The molecule has 2 nitrogen and oxygen atoms in total. The van der Waals surface area contributed by atoms with E-state index in [0.717, 1.165) is 18.6 Å². The summed E-state index contributed by atoms with van der Waals surface area (Å²) in [4.78, 5) is 0. The molecule has 0 heterocycles. The van der Waals surface area contributed by atoms with Crippen molar-refractivity contribution >= 4 is 0 Å². The standard InChI is InChI=1S/C14H27NO/c1-12-5-3-6-13(12)15-11-14(7-4-8-14)9-10-16-2/h12-13,15H,3-11H2,1-2H3. The Morgan fingerprint density at radius 1 is 1.25 bits per heavy atom. The first-order chi connectivity index (χ1) is 7.76. The monoisotopic (exact) mass is 225 g/mol. The molecule has 94 valence electrons. The van der Waals surface area contributed by atoms with E-state index < -0.39 is 0 Å². The average Bonchev–Trinajstić information content (AvgIpc) is 2.62. The lowest BCUT2D eigenvalue weighted by atomic mass is 9.66. The highest BCUT2D eigenvalue weighted by Gasteiger charge is 2.37. The molecule has 2 aliphatic carbocycles. The summed E-state index contributed by atoms with van der Waals surface area (Å²) in [6.07, 6.45) is 9.71. The second-order valence-corrected chi connectivity index (χ2v) is 5.99. The molecule has 2 aliphatic rings. The van der Waals surface area contributed by atoms with E-state index in [1.807, 2.05) is 7.11 Å². The van der Waals surface area contributed by atoms with Crippen molar-refractivity contribution < 1.29 is 4.74 Å². The molecule has 0 aromatic rings. The van der Waals surface area contributed by atoms with Crippen LogP contribution in [0.5, 0.6) is 0 Å². The Labute approximate surface area is 100 Å². The Balaban J connectivity index is 1.74. The maximum atomic E-state index is 5.24. The number of nitrogens with one attached hydrogen (secondary N) is 1. The van der Waals surface area contributed by atoms with Crippen LogP contribution in [-0.2, 0) is 4.74 Å². The summed E-state index contributed by atoms with van der Waals surface area (Å²) in [5.41, 5.74) is 0.582. The van der Waals surface area contributed by atoms with Crippen LogP contribution in [-0.4, -0.2) is 26.3 Å². The molecule has 0 radical (unpaired) electrons. The highest BCUT2D eigenvalue weighted by molar-refractivity contribution is 4.91. The van der Waals surface area contributed by atoms with Crippen LogP contribution in [0.4, 0.5) is 0 Å². The van der Waals surface area contributed by atoms with Crippen molar-refractivity contribution in [2.45, 2.75) is 57.9 Å². The van der Waals surface area contributed by atoms with E-state index in [9.17, 15) is 0 Å². The Morgan fingerprint density at radius 3 is 2.56 bits per heavy atom. The van der Waals surface area contributed by atoms with Crippen LogP contribution in [0, 0.1) is 11.3 Å². The van der Waals surface area contributed by atoms with Gasteiger partial charge in [-0.15, -0.1) is 0 Å². The van der Waals surface area contributed by atoms with Gasteiger partial charge in [0.05, 0.1) is 0 Å². The molecule has 2 atom stereocenters. The van der Waals surface area contributed by atoms with E-state index in [1.165, 1.54) is 51.5 Å². The molecule has 0 amide bonds. The van der Waals surface area contributed by atoms with Gasteiger partial charge >= 0.3 is 0 Å². The second-order valence-electron chi connectivity index (χ2n) is 5.99. The zero-order valence-corrected chi connectivity index (χ0v) is 10.9. The lowest BCUT2D eigenvalue weighted by Gasteiger charge is -2.43. The van der Waals surface area contributed by atoms with Crippen LogP contribution >= 0.6 is 0 Å². The first kappa shape index (κ1) is 12.4. The smallest absolute Gasteiger partial charge is 0.0468 e. The number of rotatable bonds is 6. The van der Waals surface area contributed by atoms with Crippen molar-refractivity contribution in [3.8, 4) is 0 Å². The lowest BCUT2D eigenvalue weighted by molar-refractivity contribution is 0.0652. The van der Waals surface area contributed by atoms with Gasteiger partial charge in [-0.2, -0.15) is 0 Å². The Morgan fingerprint density at radius 2 is 2.06 bits per heavy atom. The van der Waals surface area contributed by atoms with Crippen molar-refractivity contribution in [1.82, 2.24) is 5.32 Å². The van der Waals surface area contributed by atoms with Crippen LogP contribution < -0.4 is 5.32 Å². The summed E-state index contributed by atoms with van der Waals surface area (Å²) in [6.45, 7) is 4.56. The zero-order chi connectivity index (χ0) is 11.4. The molecule has 2 unspecified atom stereocenters. The van der Waals surface area contributed by atoms with E-state index in [1.54, 1.807) is 0 Å². The second kappa shape index (κ2) is 5.50. The van der Waals surface area contributed by atoms with E-state index in [2.05, 4.69) is 12.2 Å². The number of hydrogen-bond acceptors (Lipinski definition) is 2. The lowest BCUT2D eigenvalue weighted by Crippen LogP contribution is -2.45. The Kier molecular flexibility index (Phi) is 4.26. The van der Waals surface area contributed by atoms with Crippen molar-refractivity contribution in [2.75, 3.05) is 20.3 Å². The first-order valence-corrected chi connectivity index (χ1v) is 6.98. The minimum absolute atomic E-state index is 0.582. The average molecular weight is 225 g/mol. The van der Waals surface area contributed by atoms with Crippen molar-refractivity contribution in [1.29, 1.82) is 0 Å². The number of ether oxygens (including phenoxy) is 1. The molecular formula is C14H27NO. The van der Waals surface area contributed by atoms with Crippen LogP contribution in [0.3, 0.4) is 0 Å². The maximum Gasteiger partial charge on any atom is 0.0468 e. The maximum absolute atomic E-state index is 5.24. The number of methoxy groups -OCH3 is 1. The fourth-order valence-corrected chi connectivity index (χ4v) is 3.31. The quantitative estimate of drug-likeness (QED) is 0.750. The van der Waals surface area contributed by atoms with E-state index >= 15 is 0 Å². The van der Waals surface area contributed by atoms with Crippen molar-refractivity contribution in [3.05, 3.63) is 0 Å². The number of hydrogen-bond donors (Lipinski definition) is 1. The molecule has 0 aromatic carbocycles. The molecule has 0 bridgehead atoms. The van der Waals surface area contributed by atoms with Gasteiger partial charge in [-0.1, -0.05) is 19.8 Å². The van der Waals surface area contributed by atoms with Gasteiger partial charge in [0.1, 0.15) is 0 Å². The molecular weight excluding hydrogens is 198 g/mol. The van der Waals surface area contributed by atoms with Gasteiger partial charge in [-0.05, 0) is 43.4 Å².